The number of amides is 1. The number of rotatable bonds is 3. The third-order valence-corrected chi connectivity index (χ3v) is 1.71. The van der Waals surface area contributed by atoms with Crippen molar-refractivity contribution in [2.75, 3.05) is 13.2 Å². The number of aliphatic hydroxyl groups is 1. The van der Waals surface area contributed by atoms with E-state index in [9.17, 15) is 4.79 Å². The summed E-state index contributed by atoms with van der Waals surface area (Å²) in [6.07, 6.45) is 8.22. The molecule has 14 heavy (non-hydrogen) atoms. The van der Waals surface area contributed by atoms with Crippen molar-refractivity contribution in [1.82, 2.24) is 4.90 Å². The van der Waals surface area contributed by atoms with Crippen LogP contribution in [0.2, 0.25) is 0 Å². The van der Waals surface area contributed by atoms with E-state index >= 15 is 0 Å². The number of carbonyl (C=O) groups is 1. The molecule has 3 nitrogen and oxygen atoms in total. The molecule has 1 rings (SSSR count). The van der Waals surface area contributed by atoms with Gasteiger partial charge in [0, 0.05) is 13.0 Å². The summed E-state index contributed by atoms with van der Waals surface area (Å²) in [4.78, 5) is 12.3. The molecule has 0 aliphatic carbocycles. The Bertz CT molecular complexity index is 221. The van der Waals surface area contributed by atoms with Crippen molar-refractivity contribution >= 4 is 5.91 Å². The fourth-order valence-electron chi connectivity index (χ4n) is 1.02. The maximum atomic E-state index is 10.7. The highest BCUT2D eigenvalue weighted by Gasteiger charge is 2.15. The normalized spacial score (nSPS) is 15.2. The molecule has 0 unspecified atom stereocenters. The molecule has 0 atom stereocenters. The number of aliphatic hydroxyl groups excluding tert-OH is 1. The maximum Gasteiger partial charge on any atom is 0.226 e. The molecule has 3 heteroatoms. The molecule has 1 aliphatic rings. The van der Waals surface area contributed by atoms with E-state index in [2.05, 4.69) is 13.2 Å². The van der Waals surface area contributed by atoms with Gasteiger partial charge in [-0.15, -0.1) is 0 Å². The molecule has 1 heterocycles. The predicted octanol–water partition coefficient (Wildman–Crippen LogP) is 1.47. The van der Waals surface area contributed by atoms with Gasteiger partial charge in [-0.1, -0.05) is 31.4 Å². The summed E-state index contributed by atoms with van der Waals surface area (Å²) in [7, 11) is 0. The largest absolute Gasteiger partial charge is 0.392 e. The van der Waals surface area contributed by atoms with Crippen molar-refractivity contribution in [3.05, 3.63) is 37.6 Å². The van der Waals surface area contributed by atoms with E-state index < -0.39 is 0 Å². The number of nitrogens with zero attached hydrogens (tertiary/aromatic N) is 1. The van der Waals surface area contributed by atoms with E-state index in [1.54, 1.807) is 29.3 Å². The third-order valence-electron chi connectivity index (χ3n) is 1.71. The second kappa shape index (κ2) is 8.26. The zero-order valence-electron chi connectivity index (χ0n) is 8.35. The van der Waals surface area contributed by atoms with Gasteiger partial charge in [-0.3, -0.25) is 4.79 Å². The summed E-state index contributed by atoms with van der Waals surface area (Å²) in [5.41, 5.74) is 0. The fraction of sp³-hybridized carbons (Fsp3) is 0.364. The van der Waals surface area contributed by atoms with Crippen LogP contribution in [0.15, 0.2) is 37.6 Å². The van der Waals surface area contributed by atoms with E-state index in [1.807, 2.05) is 0 Å². The monoisotopic (exact) mass is 195 g/mol. The zero-order valence-corrected chi connectivity index (χ0v) is 8.35. The first-order valence-electron chi connectivity index (χ1n) is 4.56. The molecule has 0 aromatic carbocycles. The SMILES string of the molecule is C=CC=CCO.C=CN1CCCC1=O. The van der Waals surface area contributed by atoms with Gasteiger partial charge in [0.1, 0.15) is 0 Å². The van der Waals surface area contributed by atoms with E-state index in [-0.39, 0.29) is 12.5 Å². The third kappa shape index (κ3) is 5.32. The van der Waals surface area contributed by atoms with Crippen LogP contribution in [0.5, 0.6) is 0 Å². The fourth-order valence-corrected chi connectivity index (χ4v) is 1.02. The minimum Gasteiger partial charge on any atom is -0.392 e. The first-order chi connectivity index (χ1) is 6.76. The summed E-state index contributed by atoms with van der Waals surface area (Å²) in [6.45, 7) is 7.87. The summed E-state index contributed by atoms with van der Waals surface area (Å²) in [5, 5.41) is 8.06. The molecule has 0 aromatic rings. The first kappa shape index (κ1) is 12.7. The Morgan fingerprint density at radius 2 is 2.21 bits per heavy atom. The number of allylic oxidation sites excluding steroid dienone is 2. The van der Waals surface area contributed by atoms with Crippen LogP contribution in [-0.4, -0.2) is 29.1 Å². The smallest absolute Gasteiger partial charge is 0.226 e. The molecular weight excluding hydrogens is 178 g/mol. The highest BCUT2D eigenvalue weighted by molar-refractivity contribution is 5.78. The highest BCUT2D eigenvalue weighted by Crippen LogP contribution is 2.08. The molecule has 1 aliphatic heterocycles. The molecule has 1 amide bonds. The maximum absolute atomic E-state index is 10.7. The van der Waals surface area contributed by atoms with Crippen molar-refractivity contribution in [3.8, 4) is 0 Å². The lowest BCUT2D eigenvalue weighted by Crippen LogP contribution is -2.16. The molecule has 78 valence electrons. The quantitative estimate of drug-likeness (QED) is 0.693. The molecule has 1 fully saturated rings. The van der Waals surface area contributed by atoms with Crippen LogP contribution in [0.3, 0.4) is 0 Å². The summed E-state index contributed by atoms with van der Waals surface area (Å²) < 4.78 is 0. The molecular formula is C11H17NO2. The van der Waals surface area contributed by atoms with Crippen LogP contribution in [0, 0.1) is 0 Å². The van der Waals surface area contributed by atoms with Gasteiger partial charge in [0.25, 0.3) is 0 Å². The van der Waals surface area contributed by atoms with Gasteiger partial charge >= 0.3 is 0 Å². The summed E-state index contributed by atoms with van der Waals surface area (Å²) >= 11 is 0. The Morgan fingerprint density at radius 1 is 1.50 bits per heavy atom. The second-order valence-electron chi connectivity index (χ2n) is 2.72. The van der Waals surface area contributed by atoms with Crippen LogP contribution in [0.1, 0.15) is 12.8 Å². The number of hydrogen-bond donors (Lipinski definition) is 1. The topological polar surface area (TPSA) is 40.5 Å². The Balaban J connectivity index is 0.000000255. The highest BCUT2D eigenvalue weighted by atomic mass is 16.2. The Hall–Kier alpha value is -1.35. The predicted molar refractivity (Wildman–Crippen MR) is 57.6 cm³/mol. The van der Waals surface area contributed by atoms with E-state index in [1.165, 1.54) is 0 Å². The van der Waals surface area contributed by atoms with Crippen molar-refractivity contribution in [2.45, 2.75) is 12.8 Å². The minimum atomic E-state index is 0.103. The molecule has 0 radical (unpaired) electrons. The molecule has 0 saturated carbocycles. The number of likely N-dealkylation sites (tertiary alicyclic amines) is 1. The van der Waals surface area contributed by atoms with Gasteiger partial charge in [0.05, 0.1) is 6.61 Å². The average molecular weight is 195 g/mol. The lowest BCUT2D eigenvalue weighted by Gasteiger charge is -2.05. The van der Waals surface area contributed by atoms with Crippen molar-refractivity contribution in [1.29, 1.82) is 0 Å². The Kier molecular flexibility index (Phi) is 7.46. The van der Waals surface area contributed by atoms with Gasteiger partial charge in [0.2, 0.25) is 5.91 Å². The number of carbonyl (C=O) groups excluding carboxylic acids is 1. The standard InChI is InChI=1S/C6H9NO.C5H8O/c1-2-7-5-3-4-6(7)8;1-2-3-4-5-6/h2H,1,3-5H2;2-4,6H,1,5H2. The van der Waals surface area contributed by atoms with Crippen LogP contribution >= 0.6 is 0 Å². The van der Waals surface area contributed by atoms with Crippen molar-refractivity contribution < 1.29 is 9.90 Å². The van der Waals surface area contributed by atoms with E-state index in [0.717, 1.165) is 13.0 Å². The Labute approximate surface area is 85.0 Å². The molecule has 0 bridgehead atoms. The first-order valence-corrected chi connectivity index (χ1v) is 4.56. The average Bonchev–Trinajstić information content (AvgIpc) is 2.61. The van der Waals surface area contributed by atoms with Crippen LogP contribution in [-0.2, 0) is 4.79 Å². The van der Waals surface area contributed by atoms with Gasteiger partial charge in [-0.25, -0.2) is 0 Å². The molecule has 1 N–H and O–H groups in total. The van der Waals surface area contributed by atoms with Crippen LogP contribution in [0.25, 0.3) is 0 Å². The van der Waals surface area contributed by atoms with Crippen LogP contribution < -0.4 is 0 Å². The minimum absolute atomic E-state index is 0.103. The lowest BCUT2D eigenvalue weighted by atomic mass is 10.4. The van der Waals surface area contributed by atoms with E-state index in [4.69, 9.17) is 5.11 Å². The number of hydrogen-bond acceptors (Lipinski definition) is 2. The van der Waals surface area contributed by atoms with E-state index in [0.29, 0.717) is 6.42 Å². The van der Waals surface area contributed by atoms with Crippen LogP contribution in [0.4, 0.5) is 0 Å². The van der Waals surface area contributed by atoms with Gasteiger partial charge in [-0.05, 0) is 12.6 Å². The molecule has 1 saturated heterocycles. The van der Waals surface area contributed by atoms with Gasteiger partial charge in [0.15, 0.2) is 0 Å². The Morgan fingerprint density at radius 3 is 2.43 bits per heavy atom. The summed E-state index contributed by atoms with van der Waals surface area (Å²) in [6, 6.07) is 0. The second-order valence-corrected chi connectivity index (χ2v) is 2.72. The summed E-state index contributed by atoms with van der Waals surface area (Å²) in [5.74, 6) is 0.208. The lowest BCUT2D eigenvalue weighted by molar-refractivity contribution is -0.125. The van der Waals surface area contributed by atoms with Crippen molar-refractivity contribution in [2.24, 2.45) is 0 Å². The zero-order chi connectivity index (χ0) is 10.8. The molecule has 0 aromatic heterocycles. The van der Waals surface area contributed by atoms with Crippen molar-refractivity contribution in [3.63, 3.8) is 0 Å². The van der Waals surface area contributed by atoms with Gasteiger partial charge < -0.3 is 10.0 Å². The molecule has 0 spiro atoms. The van der Waals surface area contributed by atoms with Gasteiger partial charge in [-0.2, -0.15) is 0 Å².